The fourth-order valence-corrected chi connectivity index (χ4v) is 2.65. The molecule has 1 N–H and O–H groups in total. The number of hydrogen-bond donors (Lipinski definition) is 1. The van der Waals surface area contributed by atoms with Gasteiger partial charge in [0.25, 0.3) is 0 Å². The molecule has 0 spiro atoms. The minimum absolute atomic E-state index is 0.0279. The number of likely N-dealkylation sites (N-methyl/N-ethyl adjacent to an activating group) is 1. The summed E-state index contributed by atoms with van der Waals surface area (Å²) in [5.41, 5.74) is 2.25. The molecule has 2 rings (SSSR count). The molecule has 4 heteroatoms. The third-order valence-electron chi connectivity index (χ3n) is 3.75. The third-order valence-corrected chi connectivity index (χ3v) is 3.75. The summed E-state index contributed by atoms with van der Waals surface area (Å²) in [6.45, 7) is 5.40. The molecule has 0 aliphatic carbocycles. The molecule has 0 aromatic heterocycles. The molecule has 0 radical (unpaired) electrons. The number of hydrogen-bond acceptors (Lipinski definition) is 3. The molecule has 0 saturated heterocycles. The van der Waals surface area contributed by atoms with Gasteiger partial charge in [0.15, 0.2) is 0 Å². The number of benzene rings is 1. The van der Waals surface area contributed by atoms with E-state index >= 15 is 0 Å². The van der Waals surface area contributed by atoms with E-state index in [1.54, 1.807) is 0 Å². The molecule has 1 amide bonds. The maximum atomic E-state index is 12.8. The van der Waals surface area contributed by atoms with Gasteiger partial charge in [0.1, 0.15) is 0 Å². The van der Waals surface area contributed by atoms with E-state index in [1.165, 1.54) is 0 Å². The second-order valence-electron chi connectivity index (χ2n) is 5.65. The Hall–Kier alpha value is -1.55. The number of nitrogens with one attached hydrogen (secondary N) is 1. The topological polar surface area (TPSA) is 35.6 Å². The smallest absolute Gasteiger partial charge is 0.232 e. The summed E-state index contributed by atoms with van der Waals surface area (Å²) in [5, 5.41) is 3.34. The van der Waals surface area contributed by atoms with E-state index in [0.717, 1.165) is 43.9 Å². The lowest BCUT2D eigenvalue weighted by Crippen LogP contribution is -2.40. The average molecular weight is 275 g/mol. The zero-order valence-electron chi connectivity index (χ0n) is 12.7. The first-order valence-corrected chi connectivity index (χ1v) is 7.39. The van der Waals surface area contributed by atoms with Gasteiger partial charge in [0, 0.05) is 31.9 Å². The summed E-state index contributed by atoms with van der Waals surface area (Å²) in [6, 6.07) is 8.13. The second-order valence-corrected chi connectivity index (χ2v) is 5.65. The number of nitrogens with zero attached hydrogens (tertiary/aromatic N) is 2. The van der Waals surface area contributed by atoms with Gasteiger partial charge in [-0.3, -0.25) is 4.79 Å². The number of carbonyl (C=O) groups is 1. The fourth-order valence-electron chi connectivity index (χ4n) is 2.65. The van der Waals surface area contributed by atoms with Crippen LogP contribution < -0.4 is 5.32 Å². The molecule has 1 aromatic rings. The lowest BCUT2D eigenvalue weighted by molar-refractivity contribution is -0.132. The van der Waals surface area contributed by atoms with Crippen LogP contribution in [0, 0.1) is 0 Å². The molecule has 4 nitrogen and oxygen atoms in total. The number of rotatable bonds is 6. The Balaban J connectivity index is 2.08. The standard InChI is InChI=1S/C16H25N3O/c1-4-9-19(11-10-18(2)3)16(20)14-12-17-15-8-6-5-7-13(14)15/h5-8,14,17H,4,9-12H2,1-3H3. The largest absolute Gasteiger partial charge is 0.384 e. The highest BCUT2D eigenvalue weighted by atomic mass is 16.2. The van der Waals surface area contributed by atoms with E-state index in [4.69, 9.17) is 0 Å². The SMILES string of the molecule is CCCN(CCN(C)C)C(=O)C1CNc2ccccc21. The highest BCUT2D eigenvalue weighted by molar-refractivity contribution is 5.88. The lowest BCUT2D eigenvalue weighted by Gasteiger charge is -2.26. The predicted octanol–water partition coefficient (Wildman–Crippen LogP) is 2.00. The molecule has 1 aliphatic heterocycles. The third kappa shape index (κ3) is 3.31. The normalized spacial score (nSPS) is 16.9. The molecule has 1 aliphatic rings. The van der Waals surface area contributed by atoms with Crippen LogP contribution in [0.15, 0.2) is 24.3 Å². The molecule has 0 saturated carbocycles. The van der Waals surface area contributed by atoms with Crippen molar-refractivity contribution in [3.63, 3.8) is 0 Å². The summed E-state index contributed by atoms with van der Waals surface area (Å²) in [5.74, 6) is 0.228. The van der Waals surface area contributed by atoms with Crippen molar-refractivity contribution in [2.24, 2.45) is 0 Å². The lowest BCUT2D eigenvalue weighted by atomic mass is 9.99. The van der Waals surface area contributed by atoms with Crippen LogP contribution in [0.4, 0.5) is 5.69 Å². The summed E-state index contributed by atoms with van der Waals surface area (Å²) in [6.07, 6.45) is 1.00. The Labute approximate surface area is 121 Å². The van der Waals surface area contributed by atoms with E-state index in [-0.39, 0.29) is 11.8 Å². The van der Waals surface area contributed by atoms with Crippen molar-refractivity contribution in [1.29, 1.82) is 0 Å². The van der Waals surface area contributed by atoms with Gasteiger partial charge >= 0.3 is 0 Å². The van der Waals surface area contributed by atoms with Crippen LogP contribution in [0.3, 0.4) is 0 Å². The van der Waals surface area contributed by atoms with Crippen LogP contribution in [0.5, 0.6) is 0 Å². The monoisotopic (exact) mass is 275 g/mol. The fraction of sp³-hybridized carbons (Fsp3) is 0.562. The first kappa shape index (κ1) is 14.9. The molecule has 1 aromatic carbocycles. The van der Waals surface area contributed by atoms with E-state index in [1.807, 2.05) is 37.2 Å². The molecule has 1 unspecified atom stereocenters. The molecular formula is C16H25N3O. The summed E-state index contributed by atoms with van der Waals surface area (Å²) < 4.78 is 0. The Morgan fingerprint density at radius 1 is 1.25 bits per heavy atom. The molecule has 1 atom stereocenters. The highest BCUT2D eigenvalue weighted by Crippen LogP contribution is 2.32. The first-order chi connectivity index (χ1) is 9.63. The van der Waals surface area contributed by atoms with Crippen molar-refractivity contribution in [1.82, 2.24) is 9.80 Å². The minimum Gasteiger partial charge on any atom is -0.384 e. The van der Waals surface area contributed by atoms with Gasteiger partial charge in [-0.25, -0.2) is 0 Å². The zero-order chi connectivity index (χ0) is 14.5. The quantitative estimate of drug-likeness (QED) is 0.862. The Bertz CT molecular complexity index is 459. The molecular weight excluding hydrogens is 250 g/mol. The van der Waals surface area contributed by atoms with Crippen molar-refractivity contribution in [2.75, 3.05) is 45.6 Å². The van der Waals surface area contributed by atoms with E-state index in [0.29, 0.717) is 0 Å². The summed E-state index contributed by atoms with van der Waals surface area (Å²) in [4.78, 5) is 16.9. The number of anilines is 1. The van der Waals surface area contributed by atoms with Crippen LogP contribution in [-0.4, -0.2) is 56.0 Å². The van der Waals surface area contributed by atoms with Crippen molar-refractivity contribution >= 4 is 11.6 Å². The zero-order valence-corrected chi connectivity index (χ0v) is 12.7. The van der Waals surface area contributed by atoms with Crippen molar-refractivity contribution in [2.45, 2.75) is 19.3 Å². The number of fused-ring (bicyclic) bond motifs is 1. The highest BCUT2D eigenvalue weighted by Gasteiger charge is 2.31. The first-order valence-electron chi connectivity index (χ1n) is 7.39. The van der Waals surface area contributed by atoms with Gasteiger partial charge in [-0.05, 0) is 32.1 Å². The molecule has 1 heterocycles. The Morgan fingerprint density at radius 2 is 2.00 bits per heavy atom. The van der Waals surface area contributed by atoms with E-state index in [9.17, 15) is 4.79 Å². The second kappa shape index (κ2) is 6.75. The van der Waals surface area contributed by atoms with Gasteiger partial charge in [-0.2, -0.15) is 0 Å². The Morgan fingerprint density at radius 3 is 2.70 bits per heavy atom. The van der Waals surface area contributed by atoms with E-state index < -0.39 is 0 Å². The maximum absolute atomic E-state index is 12.8. The Kier molecular flexibility index (Phi) is 5.01. The predicted molar refractivity (Wildman–Crippen MR) is 83.1 cm³/mol. The number of amides is 1. The maximum Gasteiger partial charge on any atom is 0.232 e. The van der Waals surface area contributed by atoms with Crippen LogP contribution in [0.1, 0.15) is 24.8 Å². The van der Waals surface area contributed by atoms with Gasteiger partial charge in [-0.1, -0.05) is 25.1 Å². The van der Waals surface area contributed by atoms with Gasteiger partial charge < -0.3 is 15.1 Å². The number of para-hydroxylation sites is 1. The van der Waals surface area contributed by atoms with Crippen molar-refractivity contribution < 1.29 is 4.79 Å². The number of carbonyl (C=O) groups excluding carboxylic acids is 1. The summed E-state index contributed by atoms with van der Waals surface area (Å²) >= 11 is 0. The molecule has 20 heavy (non-hydrogen) atoms. The minimum atomic E-state index is -0.0279. The van der Waals surface area contributed by atoms with Crippen molar-refractivity contribution in [3.8, 4) is 0 Å². The van der Waals surface area contributed by atoms with Crippen LogP contribution in [-0.2, 0) is 4.79 Å². The van der Waals surface area contributed by atoms with Gasteiger partial charge in [-0.15, -0.1) is 0 Å². The summed E-state index contributed by atoms with van der Waals surface area (Å²) in [7, 11) is 4.09. The van der Waals surface area contributed by atoms with Crippen LogP contribution >= 0.6 is 0 Å². The van der Waals surface area contributed by atoms with Gasteiger partial charge in [0.05, 0.1) is 5.92 Å². The van der Waals surface area contributed by atoms with Crippen LogP contribution in [0.2, 0.25) is 0 Å². The van der Waals surface area contributed by atoms with Crippen LogP contribution in [0.25, 0.3) is 0 Å². The van der Waals surface area contributed by atoms with Crippen molar-refractivity contribution in [3.05, 3.63) is 29.8 Å². The van der Waals surface area contributed by atoms with E-state index in [2.05, 4.69) is 23.2 Å². The molecule has 0 bridgehead atoms. The van der Waals surface area contributed by atoms with Gasteiger partial charge in [0.2, 0.25) is 5.91 Å². The molecule has 110 valence electrons. The molecule has 0 fully saturated rings. The average Bonchev–Trinajstić information content (AvgIpc) is 2.86.